The molecule has 0 radical (unpaired) electrons. The van der Waals surface area contributed by atoms with Crippen molar-refractivity contribution < 1.29 is 15.0 Å². The highest BCUT2D eigenvalue weighted by atomic mass is 16.3. The van der Waals surface area contributed by atoms with Crippen molar-refractivity contribution in [3.05, 3.63) is 35.4 Å². The largest absolute Gasteiger partial charge is 0.394 e. The monoisotopic (exact) mass is 318 g/mol. The van der Waals surface area contributed by atoms with Gasteiger partial charge < -0.3 is 20.4 Å². The molecule has 0 aliphatic heterocycles. The van der Waals surface area contributed by atoms with Gasteiger partial charge in [0.15, 0.2) is 0 Å². The number of aliphatic hydroxyl groups excluding tert-OH is 2. The summed E-state index contributed by atoms with van der Waals surface area (Å²) in [4.78, 5) is 13.9. The van der Waals surface area contributed by atoms with Crippen molar-refractivity contribution in [2.24, 2.45) is 11.8 Å². The Hall–Kier alpha value is -1.59. The van der Waals surface area contributed by atoms with Crippen LogP contribution in [0.25, 0.3) is 0 Å². The fourth-order valence-corrected chi connectivity index (χ4v) is 3.92. The summed E-state index contributed by atoms with van der Waals surface area (Å²) < 4.78 is 0. The molecule has 5 nitrogen and oxygen atoms in total. The third-order valence-corrected chi connectivity index (χ3v) is 5.21. The van der Waals surface area contributed by atoms with Crippen LogP contribution < -0.4 is 5.32 Å². The number of benzene rings is 1. The maximum atomic E-state index is 12.4. The molecule has 0 heterocycles. The van der Waals surface area contributed by atoms with Crippen LogP contribution in [0.2, 0.25) is 0 Å². The van der Waals surface area contributed by atoms with E-state index in [0.717, 1.165) is 6.42 Å². The predicted octanol–water partition coefficient (Wildman–Crippen LogP) is 1.35. The highest BCUT2D eigenvalue weighted by Crippen LogP contribution is 2.60. The van der Waals surface area contributed by atoms with Crippen LogP contribution in [0.15, 0.2) is 24.3 Å². The number of hydrogen-bond acceptors (Lipinski definition) is 3. The molecule has 23 heavy (non-hydrogen) atoms. The Morgan fingerprint density at radius 1 is 1.39 bits per heavy atom. The second-order valence-electron chi connectivity index (χ2n) is 6.98. The van der Waals surface area contributed by atoms with E-state index in [1.54, 1.807) is 13.8 Å². The van der Waals surface area contributed by atoms with Crippen LogP contribution in [0.1, 0.15) is 30.9 Å². The van der Waals surface area contributed by atoms with Crippen LogP contribution in [0.5, 0.6) is 0 Å². The summed E-state index contributed by atoms with van der Waals surface area (Å²) >= 11 is 0. The minimum absolute atomic E-state index is 0.109. The van der Waals surface area contributed by atoms with Gasteiger partial charge in [0.25, 0.3) is 0 Å². The van der Waals surface area contributed by atoms with Crippen LogP contribution in [-0.2, 0) is 6.42 Å². The number of nitrogens with one attached hydrogen (secondary N) is 1. The van der Waals surface area contributed by atoms with Crippen molar-refractivity contribution in [2.45, 2.75) is 38.3 Å². The van der Waals surface area contributed by atoms with Crippen molar-refractivity contribution in [3.8, 4) is 0 Å². The molecular formula is C18H26N2O3. The Labute approximate surface area is 137 Å². The molecule has 2 aliphatic rings. The number of fused-ring (bicyclic) bond motifs is 3. The first-order valence-electron chi connectivity index (χ1n) is 8.44. The Bertz CT molecular complexity index is 575. The van der Waals surface area contributed by atoms with Gasteiger partial charge in [0, 0.05) is 13.1 Å². The summed E-state index contributed by atoms with van der Waals surface area (Å²) in [5, 5.41) is 21.8. The van der Waals surface area contributed by atoms with Crippen LogP contribution in [0.4, 0.5) is 4.79 Å². The average Bonchev–Trinajstić information content (AvgIpc) is 3.07. The number of urea groups is 1. The maximum absolute atomic E-state index is 12.4. The van der Waals surface area contributed by atoms with E-state index in [-0.39, 0.29) is 25.2 Å². The van der Waals surface area contributed by atoms with E-state index in [1.807, 2.05) is 0 Å². The fourth-order valence-electron chi connectivity index (χ4n) is 3.92. The lowest BCUT2D eigenvalue weighted by atomic mass is 10.0. The number of hydrogen-bond donors (Lipinski definition) is 3. The first kappa shape index (κ1) is 16.3. The van der Waals surface area contributed by atoms with Gasteiger partial charge in [-0.15, -0.1) is 0 Å². The molecule has 0 bridgehead atoms. The molecular weight excluding hydrogens is 292 g/mol. The fraction of sp³-hybridized carbons (Fsp3) is 0.611. The smallest absolute Gasteiger partial charge is 0.317 e. The second kappa shape index (κ2) is 6.49. The van der Waals surface area contributed by atoms with Crippen LogP contribution in [0, 0.1) is 11.8 Å². The van der Waals surface area contributed by atoms with Crippen molar-refractivity contribution >= 4 is 6.03 Å². The molecule has 0 saturated heterocycles. The van der Waals surface area contributed by atoms with E-state index < -0.39 is 6.10 Å². The molecule has 0 aromatic heterocycles. The summed E-state index contributed by atoms with van der Waals surface area (Å²) in [6.45, 7) is 4.21. The van der Waals surface area contributed by atoms with Gasteiger partial charge in [0.05, 0.1) is 18.8 Å². The summed E-state index contributed by atoms with van der Waals surface area (Å²) in [6.07, 6.45) is 0.508. The number of rotatable bonds is 6. The van der Waals surface area contributed by atoms with Crippen LogP contribution >= 0.6 is 0 Å². The maximum Gasteiger partial charge on any atom is 0.317 e. The zero-order valence-electron chi connectivity index (χ0n) is 13.8. The van der Waals surface area contributed by atoms with Gasteiger partial charge in [-0.1, -0.05) is 24.3 Å². The summed E-state index contributed by atoms with van der Waals surface area (Å²) in [5.74, 6) is 1.77. The Balaban J connectivity index is 1.54. The van der Waals surface area contributed by atoms with Crippen molar-refractivity contribution in [1.29, 1.82) is 0 Å². The first-order chi connectivity index (χ1) is 11.0. The minimum atomic E-state index is -0.609. The summed E-state index contributed by atoms with van der Waals surface area (Å²) in [7, 11) is 0. The van der Waals surface area contributed by atoms with E-state index in [9.17, 15) is 15.0 Å². The average molecular weight is 318 g/mol. The van der Waals surface area contributed by atoms with E-state index in [4.69, 9.17) is 0 Å². The number of nitrogens with zero attached hydrogens (tertiary/aromatic N) is 1. The highest BCUT2D eigenvalue weighted by molar-refractivity contribution is 5.74. The molecule has 1 aromatic rings. The Morgan fingerprint density at radius 3 is 2.83 bits per heavy atom. The lowest BCUT2D eigenvalue weighted by Crippen LogP contribution is -2.49. The van der Waals surface area contributed by atoms with Gasteiger partial charge in [-0.2, -0.15) is 0 Å². The van der Waals surface area contributed by atoms with Crippen LogP contribution in [-0.4, -0.2) is 53.0 Å². The van der Waals surface area contributed by atoms with Crippen molar-refractivity contribution in [1.82, 2.24) is 10.2 Å². The third kappa shape index (κ3) is 3.21. The zero-order valence-corrected chi connectivity index (χ0v) is 13.8. The van der Waals surface area contributed by atoms with Crippen LogP contribution in [0.3, 0.4) is 0 Å². The zero-order chi connectivity index (χ0) is 16.6. The molecule has 5 heteroatoms. The quantitative estimate of drug-likeness (QED) is 0.741. The van der Waals surface area contributed by atoms with Crippen molar-refractivity contribution in [2.75, 3.05) is 19.7 Å². The predicted molar refractivity (Wildman–Crippen MR) is 88.2 cm³/mol. The molecule has 2 amide bonds. The Morgan fingerprint density at radius 2 is 2.13 bits per heavy atom. The molecule has 1 fully saturated rings. The van der Waals surface area contributed by atoms with Gasteiger partial charge in [0.2, 0.25) is 0 Å². The van der Waals surface area contributed by atoms with Gasteiger partial charge in [-0.3, -0.25) is 0 Å². The lowest BCUT2D eigenvalue weighted by molar-refractivity contribution is 0.0936. The van der Waals surface area contributed by atoms with Gasteiger partial charge >= 0.3 is 6.03 Å². The molecule has 126 valence electrons. The third-order valence-electron chi connectivity index (χ3n) is 5.21. The van der Waals surface area contributed by atoms with Gasteiger partial charge in [0.1, 0.15) is 0 Å². The number of carbonyl (C=O) groups excluding carboxylic acids is 1. The van der Waals surface area contributed by atoms with E-state index >= 15 is 0 Å². The minimum Gasteiger partial charge on any atom is -0.394 e. The normalized spacial score (nSPS) is 26.9. The Kier molecular flexibility index (Phi) is 4.60. The standard InChI is InChI=1S/C18H26N2O3/c1-11(10-21)20(9-12(2)22)18(23)19-8-16-15-7-13-5-3-4-6-14(13)17(15)16/h3-6,11-12,15-17,21-22H,7-10H2,1-2H3,(H,19,23)/t11-,12-,15-,16+,17-/m0/s1. The molecule has 5 atom stereocenters. The molecule has 3 rings (SSSR count). The van der Waals surface area contributed by atoms with E-state index in [1.165, 1.54) is 16.0 Å². The van der Waals surface area contributed by atoms with Gasteiger partial charge in [-0.05, 0) is 49.1 Å². The van der Waals surface area contributed by atoms with E-state index in [0.29, 0.717) is 24.3 Å². The molecule has 3 N–H and O–H groups in total. The molecule has 1 aromatic carbocycles. The summed E-state index contributed by atoms with van der Waals surface area (Å²) in [6, 6.07) is 8.07. The summed E-state index contributed by atoms with van der Waals surface area (Å²) in [5.41, 5.74) is 2.90. The molecule has 1 saturated carbocycles. The second-order valence-corrected chi connectivity index (χ2v) is 6.98. The molecule has 0 spiro atoms. The van der Waals surface area contributed by atoms with E-state index in [2.05, 4.69) is 29.6 Å². The number of carbonyl (C=O) groups is 1. The highest BCUT2D eigenvalue weighted by Gasteiger charge is 2.55. The van der Waals surface area contributed by atoms with Crippen molar-refractivity contribution in [3.63, 3.8) is 0 Å². The number of aliphatic hydroxyl groups is 2. The molecule has 2 aliphatic carbocycles. The topological polar surface area (TPSA) is 72.8 Å². The molecule has 0 unspecified atom stereocenters. The van der Waals surface area contributed by atoms with Gasteiger partial charge in [-0.25, -0.2) is 4.79 Å². The number of amides is 2. The first-order valence-corrected chi connectivity index (χ1v) is 8.44. The SMILES string of the molecule is C[C@H](O)CN(C(=O)NC[C@@H]1[C@@H]2Cc3ccccc3[C@H]12)[C@@H](C)CO. The lowest BCUT2D eigenvalue weighted by Gasteiger charge is -2.29.